The topological polar surface area (TPSA) is 142 Å². The van der Waals surface area contributed by atoms with E-state index in [9.17, 15) is 9.59 Å². The van der Waals surface area contributed by atoms with Gasteiger partial charge in [0, 0.05) is 0 Å². The summed E-state index contributed by atoms with van der Waals surface area (Å²) < 4.78 is 9.33. The van der Waals surface area contributed by atoms with E-state index in [1.54, 1.807) is 13.8 Å². The normalized spacial score (nSPS) is 13.8. The molecule has 0 rings (SSSR count). The number of hydrogen-bond acceptors (Lipinski definition) is 10. The Labute approximate surface area is 126 Å². The Morgan fingerprint density at radius 1 is 0.818 bits per heavy atom. The maximum Gasteiger partial charge on any atom is 0.362 e. The van der Waals surface area contributed by atoms with Gasteiger partial charge in [-0.05, 0) is 27.7 Å². The van der Waals surface area contributed by atoms with Crippen molar-refractivity contribution in [2.75, 3.05) is 13.2 Å². The molecule has 0 spiro atoms. The second-order valence-electron chi connectivity index (χ2n) is 3.71. The maximum absolute atomic E-state index is 11.5. The Morgan fingerprint density at radius 3 is 1.36 bits per heavy atom. The van der Waals surface area contributed by atoms with Crippen LogP contribution in [0.5, 0.6) is 0 Å². The zero-order chi connectivity index (χ0) is 17.1. The van der Waals surface area contributed by atoms with Crippen LogP contribution < -0.4 is 0 Å². The van der Waals surface area contributed by atoms with Gasteiger partial charge in [0.2, 0.25) is 11.4 Å². The molecule has 0 aromatic heterocycles. The number of nitrogens with zero attached hydrogens (tertiary/aromatic N) is 4. The Bertz CT molecular complexity index is 488. The lowest BCUT2D eigenvalue weighted by molar-refractivity contribution is -0.135. The van der Waals surface area contributed by atoms with E-state index in [0.717, 1.165) is 0 Å². The molecule has 0 saturated heterocycles. The van der Waals surface area contributed by atoms with Crippen molar-refractivity contribution in [3.8, 4) is 0 Å². The lowest BCUT2D eigenvalue weighted by atomic mass is 10.2. The largest absolute Gasteiger partial charge is 0.461 e. The number of hydrogen-bond donors (Lipinski definition) is 2. The van der Waals surface area contributed by atoms with Crippen molar-refractivity contribution in [2.45, 2.75) is 27.7 Å². The van der Waals surface area contributed by atoms with Gasteiger partial charge in [-0.3, -0.25) is 0 Å². The van der Waals surface area contributed by atoms with Gasteiger partial charge in [0.1, 0.15) is 0 Å². The van der Waals surface area contributed by atoms with Crippen molar-refractivity contribution < 1.29 is 29.5 Å². The third-order valence-electron chi connectivity index (χ3n) is 2.17. The average molecular weight is 314 g/mol. The fourth-order valence-corrected chi connectivity index (χ4v) is 1.17. The standard InChI is InChI=1S/C12H18N4O6/c1-5-21-11(17)9(15-19)7(3)13-14-8(4)10(16-20)12(18)22-6-2/h19-20H,5-6H2,1-4H3/b13-7+,14-8+,15-9-,16-10-. The Balaban J connectivity index is 5.27. The van der Waals surface area contributed by atoms with Gasteiger partial charge in [-0.15, -0.1) is 0 Å². The van der Waals surface area contributed by atoms with Gasteiger partial charge in [0.15, 0.2) is 0 Å². The van der Waals surface area contributed by atoms with E-state index in [2.05, 4.69) is 30.0 Å². The number of carbonyl (C=O) groups excluding carboxylic acids is 2. The van der Waals surface area contributed by atoms with Crippen LogP contribution in [0.4, 0.5) is 0 Å². The minimum atomic E-state index is -0.874. The fourth-order valence-electron chi connectivity index (χ4n) is 1.17. The summed E-state index contributed by atoms with van der Waals surface area (Å²) in [5.74, 6) is -1.75. The van der Waals surface area contributed by atoms with E-state index >= 15 is 0 Å². The van der Waals surface area contributed by atoms with Crippen LogP contribution in [0.15, 0.2) is 20.5 Å². The maximum atomic E-state index is 11.5. The van der Waals surface area contributed by atoms with Crippen LogP contribution in [-0.2, 0) is 19.1 Å². The van der Waals surface area contributed by atoms with Crippen molar-refractivity contribution >= 4 is 34.8 Å². The Morgan fingerprint density at radius 2 is 1.14 bits per heavy atom. The summed E-state index contributed by atoms with van der Waals surface area (Å²) in [5, 5.41) is 30.4. The highest BCUT2D eigenvalue weighted by atomic mass is 16.5. The molecule has 22 heavy (non-hydrogen) atoms. The van der Waals surface area contributed by atoms with Crippen LogP contribution in [0, 0.1) is 0 Å². The molecule has 0 fully saturated rings. The lowest BCUT2D eigenvalue weighted by Gasteiger charge is -2.03. The lowest BCUT2D eigenvalue weighted by Crippen LogP contribution is -2.26. The molecule has 0 unspecified atom stereocenters. The zero-order valence-corrected chi connectivity index (χ0v) is 12.7. The molecule has 0 aliphatic heterocycles. The quantitative estimate of drug-likeness (QED) is 0.305. The first kappa shape index (κ1) is 19.2. The highest BCUT2D eigenvalue weighted by Crippen LogP contribution is 1.95. The fraction of sp³-hybridized carbons (Fsp3) is 0.500. The van der Waals surface area contributed by atoms with Crippen LogP contribution in [0.25, 0.3) is 0 Å². The predicted octanol–water partition coefficient (Wildman–Crippen LogP) is 0.610. The molecule has 2 N–H and O–H groups in total. The molecule has 0 aliphatic rings. The van der Waals surface area contributed by atoms with E-state index in [-0.39, 0.29) is 24.6 Å². The molecule has 0 bridgehead atoms. The summed E-state index contributed by atoms with van der Waals surface area (Å²) in [6.07, 6.45) is 0. The summed E-state index contributed by atoms with van der Waals surface area (Å²) in [4.78, 5) is 22.9. The Hall–Kier alpha value is -2.78. The average Bonchev–Trinajstić information content (AvgIpc) is 2.47. The number of ether oxygens (including phenoxy) is 2. The van der Waals surface area contributed by atoms with Crippen LogP contribution in [0.1, 0.15) is 27.7 Å². The van der Waals surface area contributed by atoms with Crippen LogP contribution in [-0.4, -0.2) is 58.4 Å². The summed E-state index contributed by atoms with van der Waals surface area (Å²) in [7, 11) is 0. The molecule has 122 valence electrons. The van der Waals surface area contributed by atoms with Crippen LogP contribution >= 0.6 is 0 Å². The minimum Gasteiger partial charge on any atom is -0.461 e. The first-order chi connectivity index (χ1) is 10.4. The zero-order valence-electron chi connectivity index (χ0n) is 12.7. The van der Waals surface area contributed by atoms with E-state index in [0.29, 0.717) is 0 Å². The van der Waals surface area contributed by atoms with E-state index in [4.69, 9.17) is 10.4 Å². The van der Waals surface area contributed by atoms with E-state index < -0.39 is 23.4 Å². The number of carbonyl (C=O) groups is 2. The van der Waals surface area contributed by atoms with Gasteiger partial charge in [-0.2, -0.15) is 10.2 Å². The molecule has 0 aliphatic carbocycles. The molecule has 0 aromatic rings. The molecular formula is C12H18N4O6. The van der Waals surface area contributed by atoms with Crippen molar-refractivity contribution in [2.24, 2.45) is 20.5 Å². The van der Waals surface area contributed by atoms with Gasteiger partial charge >= 0.3 is 11.9 Å². The summed E-state index contributed by atoms with van der Waals surface area (Å²) in [6.45, 7) is 6.07. The van der Waals surface area contributed by atoms with Gasteiger partial charge in [0.25, 0.3) is 0 Å². The predicted molar refractivity (Wildman–Crippen MR) is 77.9 cm³/mol. The van der Waals surface area contributed by atoms with Crippen molar-refractivity contribution in [1.29, 1.82) is 0 Å². The van der Waals surface area contributed by atoms with Crippen LogP contribution in [0.3, 0.4) is 0 Å². The first-order valence-corrected chi connectivity index (χ1v) is 6.30. The smallest absolute Gasteiger partial charge is 0.362 e. The first-order valence-electron chi connectivity index (χ1n) is 6.30. The van der Waals surface area contributed by atoms with E-state index in [1.807, 2.05) is 0 Å². The van der Waals surface area contributed by atoms with Crippen molar-refractivity contribution in [3.05, 3.63) is 0 Å². The molecule has 0 radical (unpaired) electrons. The molecule has 10 heteroatoms. The molecule has 10 nitrogen and oxygen atoms in total. The molecule has 0 aromatic carbocycles. The molecule has 0 atom stereocenters. The highest BCUT2D eigenvalue weighted by molar-refractivity contribution is 6.66. The van der Waals surface area contributed by atoms with Crippen molar-refractivity contribution in [3.63, 3.8) is 0 Å². The second kappa shape index (κ2) is 10.0. The van der Waals surface area contributed by atoms with Gasteiger partial charge in [-0.1, -0.05) is 10.3 Å². The summed E-state index contributed by atoms with van der Waals surface area (Å²) in [6, 6.07) is 0. The highest BCUT2D eigenvalue weighted by Gasteiger charge is 2.19. The number of oxime groups is 2. The van der Waals surface area contributed by atoms with Gasteiger partial charge < -0.3 is 19.9 Å². The number of esters is 2. The van der Waals surface area contributed by atoms with Gasteiger partial charge in [0.05, 0.1) is 24.6 Å². The van der Waals surface area contributed by atoms with Gasteiger partial charge in [-0.25, -0.2) is 9.59 Å². The van der Waals surface area contributed by atoms with E-state index in [1.165, 1.54) is 13.8 Å². The third kappa shape index (κ3) is 5.69. The SMILES string of the molecule is CCOC(=O)C(=N\O)/C(C)=N/N=C(C)/C(=N/O)C(=O)OCC. The van der Waals surface area contributed by atoms with Crippen molar-refractivity contribution in [1.82, 2.24) is 0 Å². The number of rotatable bonds is 7. The molecular weight excluding hydrogens is 296 g/mol. The van der Waals surface area contributed by atoms with Crippen LogP contribution in [0.2, 0.25) is 0 Å². The molecule has 0 saturated carbocycles. The minimum absolute atomic E-state index is 0.0542. The monoisotopic (exact) mass is 314 g/mol. The molecule has 0 amide bonds. The molecule has 0 heterocycles. The summed E-state index contributed by atoms with van der Waals surface area (Å²) >= 11 is 0. The second-order valence-corrected chi connectivity index (χ2v) is 3.71. The Kier molecular flexibility index (Phi) is 8.75. The summed E-state index contributed by atoms with van der Waals surface area (Å²) in [5.41, 5.74) is -0.975. The third-order valence-corrected chi connectivity index (χ3v) is 2.17.